The second kappa shape index (κ2) is 7.44. The Bertz CT molecular complexity index is 1250. The summed E-state index contributed by atoms with van der Waals surface area (Å²) in [7, 11) is -3.23. The van der Waals surface area contributed by atoms with Crippen LogP contribution >= 0.6 is 0 Å². The highest BCUT2D eigenvalue weighted by Crippen LogP contribution is 2.22. The maximum Gasteiger partial charge on any atom is 0.227 e. The number of anilines is 2. The van der Waals surface area contributed by atoms with Gasteiger partial charge in [-0.25, -0.2) is 28.1 Å². The van der Waals surface area contributed by atoms with E-state index in [9.17, 15) is 8.42 Å². The topological polar surface area (TPSA) is 103 Å². The molecule has 2 aromatic heterocycles. The Morgan fingerprint density at radius 1 is 0.931 bits per heavy atom. The number of nitrogens with zero attached hydrogens (tertiary/aromatic N) is 5. The number of rotatable bonds is 5. The first kappa shape index (κ1) is 18.8. The molecule has 2 heterocycles. The molecule has 0 unspecified atom stereocenters. The van der Waals surface area contributed by atoms with E-state index in [4.69, 9.17) is 0 Å². The van der Waals surface area contributed by atoms with Crippen molar-refractivity contribution in [2.24, 2.45) is 0 Å². The summed E-state index contributed by atoms with van der Waals surface area (Å²) in [6.07, 6.45) is 4.51. The Balaban J connectivity index is 1.53. The summed E-state index contributed by atoms with van der Waals surface area (Å²) in [5, 5.41) is 7.45. The van der Waals surface area contributed by atoms with Gasteiger partial charge in [-0.1, -0.05) is 12.1 Å². The van der Waals surface area contributed by atoms with Crippen LogP contribution in [0.4, 0.5) is 11.6 Å². The van der Waals surface area contributed by atoms with Crippen LogP contribution in [-0.4, -0.2) is 39.4 Å². The molecular weight excluding hydrogens is 388 g/mol. The Hall–Kier alpha value is -3.59. The highest BCUT2D eigenvalue weighted by Gasteiger charge is 2.08. The molecule has 9 heteroatoms. The summed E-state index contributed by atoms with van der Waals surface area (Å²) in [6, 6.07) is 16.0. The van der Waals surface area contributed by atoms with Crippen LogP contribution in [0.15, 0.2) is 72.0 Å². The molecule has 4 aromatic rings. The van der Waals surface area contributed by atoms with Crippen LogP contribution in [-0.2, 0) is 9.84 Å². The minimum absolute atomic E-state index is 0.274. The molecule has 0 saturated carbocycles. The second-order valence-electron chi connectivity index (χ2n) is 6.47. The van der Waals surface area contributed by atoms with Crippen molar-refractivity contribution in [2.45, 2.75) is 11.8 Å². The van der Waals surface area contributed by atoms with Crippen molar-refractivity contribution in [1.29, 1.82) is 0 Å². The van der Waals surface area contributed by atoms with Crippen LogP contribution in [0.5, 0.6) is 0 Å². The fourth-order valence-electron chi connectivity index (χ4n) is 2.75. The molecule has 0 aliphatic heterocycles. The van der Waals surface area contributed by atoms with Gasteiger partial charge in [0.15, 0.2) is 9.84 Å². The number of benzene rings is 2. The average molecular weight is 406 g/mol. The molecule has 1 N–H and O–H groups in total. The first-order valence-corrected chi connectivity index (χ1v) is 10.7. The van der Waals surface area contributed by atoms with Crippen LogP contribution < -0.4 is 5.32 Å². The van der Waals surface area contributed by atoms with Crippen molar-refractivity contribution in [3.63, 3.8) is 0 Å². The molecular formula is C20H18N6O2S. The smallest absolute Gasteiger partial charge is 0.227 e. The monoisotopic (exact) mass is 406 g/mol. The molecule has 4 rings (SSSR count). The summed E-state index contributed by atoms with van der Waals surface area (Å²) >= 11 is 0. The summed E-state index contributed by atoms with van der Waals surface area (Å²) in [4.78, 5) is 13.2. The van der Waals surface area contributed by atoms with Crippen molar-refractivity contribution in [2.75, 3.05) is 11.6 Å². The molecule has 0 spiro atoms. The third kappa shape index (κ3) is 4.30. The first-order valence-electron chi connectivity index (χ1n) is 8.78. The van der Waals surface area contributed by atoms with Gasteiger partial charge in [0.1, 0.15) is 12.2 Å². The first-order chi connectivity index (χ1) is 13.9. The lowest BCUT2D eigenvalue weighted by atomic mass is 10.1. The van der Waals surface area contributed by atoms with E-state index >= 15 is 0 Å². The number of nitrogens with one attached hydrogen (secondary N) is 1. The van der Waals surface area contributed by atoms with Gasteiger partial charge in [-0.3, -0.25) is 0 Å². The normalized spacial score (nSPS) is 11.4. The molecule has 0 saturated heterocycles. The van der Waals surface area contributed by atoms with Gasteiger partial charge >= 0.3 is 0 Å². The van der Waals surface area contributed by atoms with E-state index < -0.39 is 9.84 Å². The lowest BCUT2D eigenvalue weighted by Crippen LogP contribution is -2.00. The summed E-state index contributed by atoms with van der Waals surface area (Å²) in [5.74, 6) is 1.15. The van der Waals surface area contributed by atoms with Crippen LogP contribution in [0.1, 0.15) is 5.82 Å². The highest BCUT2D eigenvalue weighted by atomic mass is 32.2. The van der Waals surface area contributed by atoms with Gasteiger partial charge in [-0.2, -0.15) is 5.10 Å². The largest absolute Gasteiger partial charge is 0.324 e. The molecule has 0 radical (unpaired) electrons. The molecule has 29 heavy (non-hydrogen) atoms. The Kier molecular flexibility index (Phi) is 4.81. The van der Waals surface area contributed by atoms with Crippen LogP contribution in [0.3, 0.4) is 0 Å². The van der Waals surface area contributed by atoms with E-state index in [1.807, 2.05) is 31.2 Å². The van der Waals surface area contributed by atoms with Gasteiger partial charge in [0, 0.05) is 23.7 Å². The van der Waals surface area contributed by atoms with Crippen LogP contribution in [0.25, 0.3) is 16.9 Å². The second-order valence-corrected chi connectivity index (χ2v) is 8.49. The predicted octanol–water partition coefficient (Wildman–Crippen LogP) is 3.18. The third-order valence-electron chi connectivity index (χ3n) is 4.23. The fraction of sp³-hybridized carbons (Fsp3) is 0.100. The predicted molar refractivity (Wildman–Crippen MR) is 110 cm³/mol. The van der Waals surface area contributed by atoms with E-state index in [1.54, 1.807) is 47.5 Å². The molecule has 8 nitrogen and oxygen atoms in total. The van der Waals surface area contributed by atoms with E-state index in [0.29, 0.717) is 17.5 Å². The third-order valence-corrected chi connectivity index (χ3v) is 5.36. The SMILES string of the molecule is Cc1ncn(-c2ccc(Nc3nccc(-c4ccc(S(C)(=O)=O)cc4)n3)cc2)n1. The molecule has 146 valence electrons. The number of aryl methyl sites for hydroxylation is 1. The van der Waals surface area contributed by atoms with Crippen molar-refractivity contribution in [3.05, 3.63) is 72.9 Å². The van der Waals surface area contributed by atoms with Crippen molar-refractivity contribution in [1.82, 2.24) is 24.7 Å². The van der Waals surface area contributed by atoms with Gasteiger partial charge in [-0.05, 0) is 49.4 Å². The summed E-state index contributed by atoms with van der Waals surface area (Å²) in [6.45, 7) is 1.84. The average Bonchev–Trinajstić information content (AvgIpc) is 3.15. The van der Waals surface area contributed by atoms with Crippen molar-refractivity contribution >= 4 is 21.5 Å². The zero-order valence-electron chi connectivity index (χ0n) is 15.8. The summed E-state index contributed by atoms with van der Waals surface area (Å²) < 4.78 is 24.9. The maximum absolute atomic E-state index is 11.6. The van der Waals surface area contributed by atoms with Gasteiger partial charge in [0.25, 0.3) is 0 Å². The zero-order valence-corrected chi connectivity index (χ0v) is 16.6. The fourth-order valence-corrected chi connectivity index (χ4v) is 3.38. The van der Waals surface area contributed by atoms with Crippen molar-refractivity contribution < 1.29 is 8.42 Å². The van der Waals surface area contributed by atoms with Gasteiger partial charge in [0.05, 0.1) is 16.3 Å². The molecule has 0 fully saturated rings. The molecule has 2 aromatic carbocycles. The Labute approximate surface area is 168 Å². The minimum atomic E-state index is -3.23. The van der Waals surface area contributed by atoms with Gasteiger partial charge in [-0.15, -0.1) is 0 Å². The molecule has 0 bridgehead atoms. The molecule has 0 aliphatic rings. The number of hydrogen-bond acceptors (Lipinski definition) is 7. The van der Waals surface area contributed by atoms with Gasteiger partial charge < -0.3 is 5.32 Å². The lowest BCUT2D eigenvalue weighted by Gasteiger charge is -2.08. The minimum Gasteiger partial charge on any atom is -0.324 e. The van der Waals surface area contributed by atoms with Crippen molar-refractivity contribution in [3.8, 4) is 16.9 Å². The van der Waals surface area contributed by atoms with E-state index in [-0.39, 0.29) is 4.90 Å². The molecule has 0 aliphatic carbocycles. The summed E-state index contributed by atoms with van der Waals surface area (Å²) in [5.41, 5.74) is 3.23. The van der Waals surface area contributed by atoms with E-state index in [0.717, 1.165) is 16.9 Å². The highest BCUT2D eigenvalue weighted by molar-refractivity contribution is 7.90. The standard InChI is InChI=1S/C20H18N6O2S/c1-14-22-13-26(25-14)17-7-5-16(6-8-17)23-20-21-12-11-19(24-20)15-3-9-18(10-4-15)29(2,27)28/h3-13H,1-2H3,(H,21,23,24). The Morgan fingerprint density at radius 2 is 1.66 bits per heavy atom. The number of sulfone groups is 1. The van der Waals surface area contributed by atoms with Gasteiger partial charge in [0.2, 0.25) is 5.95 Å². The Morgan fingerprint density at radius 3 is 2.28 bits per heavy atom. The zero-order chi connectivity index (χ0) is 20.4. The number of hydrogen-bond donors (Lipinski definition) is 1. The lowest BCUT2D eigenvalue weighted by molar-refractivity contribution is 0.602. The quantitative estimate of drug-likeness (QED) is 0.543. The molecule has 0 amide bonds. The number of aromatic nitrogens is 5. The van der Waals surface area contributed by atoms with E-state index in [1.165, 1.54) is 6.26 Å². The van der Waals surface area contributed by atoms with Crippen LogP contribution in [0, 0.1) is 6.92 Å². The van der Waals surface area contributed by atoms with Crippen LogP contribution in [0.2, 0.25) is 0 Å². The molecule has 0 atom stereocenters. The maximum atomic E-state index is 11.6. The van der Waals surface area contributed by atoms with E-state index in [2.05, 4.69) is 25.4 Å².